The highest BCUT2D eigenvalue weighted by molar-refractivity contribution is 8.13. The van der Waals surface area contributed by atoms with Crippen LogP contribution in [-0.2, 0) is 20.4 Å². The molecule has 0 unspecified atom stereocenters. The second-order valence-corrected chi connectivity index (χ2v) is 7.63. The molecule has 0 aliphatic heterocycles. The number of carbonyl (C=O) groups is 1. The second-order valence-electron chi connectivity index (χ2n) is 5.12. The van der Waals surface area contributed by atoms with Crippen molar-refractivity contribution in [3.8, 4) is 0 Å². The van der Waals surface area contributed by atoms with Crippen molar-refractivity contribution < 1.29 is 13.2 Å². The van der Waals surface area contributed by atoms with Gasteiger partial charge in [-0.1, -0.05) is 13.8 Å². The topological polar surface area (TPSA) is 72.3 Å². The number of carbonyl (C=O) groups excluding carboxylic acids is 1. The Morgan fingerprint density at radius 3 is 2.50 bits per heavy atom. The summed E-state index contributed by atoms with van der Waals surface area (Å²) >= 11 is 0. The van der Waals surface area contributed by atoms with Crippen molar-refractivity contribution in [3.63, 3.8) is 0 Å². The first-order valence-electron chi connectivity index (χ1n) is 6.34. The van der Waals surface area contributed by atoms with Gasteiger partial charge >= 0.3 is 0 Å². The summed E-state index contributed by atoms with van der Waals surface area (Å²) in [5.74, 6) is 0.773. The number of hydrogen-bond acceptors (Lipinski definition) is 4. The largest absolute Gasteiger partial charge is 0.349 e. The van der Waals surface area contributed by atoms with E-state index in [0.717, 1.165) is 0 Å². The predicted molar refractivity (Wildman–Crippen MR) is 77.3 cm³/mol. The molecule has 0 N–H and O–H groups in total. The van der Waals surface area contributed by atoms with Crippen molar-refractivity contribution in [3.05, 3.63) is 12.0 Å². The number of nitrogens with zero attached hydrogens (tertiary/aromatic N) is 3. The van der Waals surface area contributed by atoms with Gasteiger partial charge in [-0.3, -0.25) is 4.79 Å². The van der Waals surface area contributed by atoms with Crippen LogP contribution in [0.15, 0.2) is 11.2 Å². The summed E-state index contributed by atoms with van der Waals surface area (Å²) in [7, 11) is 4.89. The van der Waals surface area contributed by atoms with E-state index in [-0.39, 0.29) is 16.9 Å². The van der Waals surface area contributed by atoms with Crippen molar-refractivity contribution in [2.45, 2.75) is 44.2 Å². The Morgan fingerprint density at radius 2 is 2.05 bits per heavy atom. The highest BCUT2D eigenvalue weighted by Crippen LogP contribution is 2.20. The van der Waals surface area contributed by atoms with Crippen molar-refractivity contribution in [1.82, 2.24) is 14.5 Å². The predicted octanol–water partition coefficient (Wildman–Crippen LogP) is 1.80. The van der Waals surface area contributed by atoms with Crippen molar-refractivity contribution in [2.24, 2.45) is 0 Å². The fourth-order valence-corrected chi connectivity index (χ4v) is 2.47. The first-order valence-corrected chi connectivity index (χ1v) is 8.65. The van der Waals surface area contributed by atoms with Crippen molar-refractivity contribution in [1.29, 1.82) is 0 Å². The van der Waals surface area contributed by atoms with Crippen LogP contribution in [0.3, 0.4) is 0 Å². The van der Waals surface area contributed by atoms with Crippen LogP contribution in [0.4, 0.5) is 0 Å². The van der Waals surface area contributed by atoms with Crippen LogP contribution < -0.4 is 0 Å². The average Bonchev–Trinajstić information content (AvgIpc) is 2.72. The van der Waals surface area contributed by atoms with Crippen LogP contribution in [0.1, 0.15) is 38.4 Å². The van der Waals surface area contributed by atoms with E-state index in [2.05, 4.69) is 4.98 Å². The summed E-state index contributed by atoms with van der Waals surface area (Å²) in [6, 6.07) is 0. The molecule has 0 spiro atoms. The molecule has 6 nitrogen and oxygen atoms in total. The fraction of sp³-hybridized carbons (Fsp3) is 0.667. The molecule has 1 rings (SSSR count). The fourth-order valence-electron chi connectivity index (χ4n) is 1.79. The normalized spacial score (nSPS) is 11.9. The number of hydrogen-bond donors (Lipinski definition) is 0. The second kappa shape index (κ2) is 6.58. The Labute approximate surface area is 124 Å². The Bertz CT molecular complexity index is 579. The molecule has 0 aliphatic carbocycles. The molecule has 1 aromatic rings. The first kappa shape index (κ1) is 17.0. The van der Waals surface area contributed by atoms with Gasteiger partial charge in [0.15, 0.2) is 5.03 Å². The minimum atomic E-state index is -3.83. The lowest BCUT2D eigenvalue weighted by molar-refractivity contribution is -0.128. The molecular weight excluding hydrogens is 302 g/mol. The third-order valence-corrected chi connectivity index (χ3v) is 4.01. The highest BCUT2D eigenvalue weighted by atomic mass is 35.7. The molecule has 1 amide bonds. The van der Waals surface area contributed by atoms with E-state index in [1.54, 1.807) is 18.7 Å². The SMILES string of the molecule is CC(C)c1nc(S(=O)(=O)Cl)cn1CCCC(=O)N(C)C. The summed E-state index contributed by atoms with van der Waals surface area (Å²) in [4.78, 5) is 17.1. The van der Waals surface area contributed by atoms with Crippen LogP contribution in [-0.4, -0.2) is 42.9 Å². The van der Waals surface area contributed by atoms with Crippen molar-refractivity contribution in [2.75, 3.05) is 14.1 Å². The zero-order valence-electron chi connectivity index (χ0n) is 12.1. The van der Waals surface area contributed by atoms with Gasteiger partial charge in [-0.25, -0.2) is 13.4 Å². The zero-order chi connectivity index (χ0) is 15.5. The van der Waals surface area contributed by atoms with Gasteiger partial charge in [-0.2, -0.15) is 0 Å². The molecular formula is C12H20ClN3O3S. The third-order valence-electron chi connectivity index (χ3n) is 2.84. The molecule has 20 heavy (non-hydrogen) atoms. The number of aromatic nitrogens is 2. The molecule has 1 heterocycles. The minimum Gasteiger partial charge on any atom is -0.349 e. The van der Waals surface area contributed by atoms with Gasteiger partial charge in [0.1, 0.15) is 5.82 Å². The number of amides is 1. The maximum atomic E-state index is 11.5. The van der Waals surface area contributed by atoms with Gasteiger partial charge in [0.25, 0.3) is 9.05 Å². The zero-order valence-corrected chi connectivity index (χ0v) is 13.7. The average molecular weight is 322 g/mol. The summed E-state index contributed by atoms with van der Waals surface area (Å²) in [6.45, 7) is 4.38. The lowest BCUT2D eigenvalue weighted by Crippen LogP contribution is -2.21. The number of aryl methyl sites for hydroxylation is 1. The molecule has 0 fully saturated rings. The van der Waals surface area contributed by atoms with Crippen LogP contribution in [0.2, 0.25) is 0 Å². The van der Waals surface area contributed by atoms with E-state index >= 15 is 0 Å². The Morgan fingerprint density at radius 1 is 1.45 bits per heavy atom. The minimum absolute atomic E-state index is 0.0430. The third kappa shape index (κ3) is 4.49. The van der Waals surface area contributed by atoms with Gasteiger partial charge in [0.05, 0.1) is 0 Å². The van der Waals surface area contributed by atoms with E-state index < -0.39 is 9.05 Å². The molecule has 0 atom stereocenters. The molecule has 114 valence electrons. The van der Waals surface area contributed by atoms with E-state index in [4.69, 9.17) is 10.7 Å². The van der Waals surface area contributed by atoms with Gasteiger partial charge in [-0.05, 0) is 6.42 Å². The van der Waals surface area contributed by atoms with E-state index in [1.807, 2.05) is 13.8 Å². The molecule has 0 saturated carbocycles. The molecule has 8 heteroatoms. The number of imidazole rings is 1. The van der Waals surface area contributed by atoms with E-state index in [9.17, 15) is 13.2 Å². The Kier molecular flexibility index (Phi) is 5.59. The van der Waals surface area contributed by atoms with E-state index in [1.165, 1.54) is 11.1 Å². The lowest BCUT2D eigenvalue weighted by Gasteiger charge is -2.12. The molecule has 1 aromatic heterocycles. The molecule has 0 aliphatic rings. The quantitative estimate of drug-likeness (QED) is 0.749. The van der Waals surface area contributed by atoms with Crippen molar-refractivity contribution >= 4 is 25.6 Å². The molecule has 0 bridgehead atoms. The maximum Gasteiger partial charge on any atom is 0.280 e. The summed E-state index contributed by atoms with van der Waals surface area (Å²) in [6.07, 6.45) is 2.46. The van der Waals surface area contributed by atoms with Gasteiger partial charge in [0, 0.05) is 49.9 Å². The standard InChI is InChI=1S/C12H20ClN3O3S/c1-9(2)12-14-10(20(13,18)19)8-16(12)7-5-6-11(17)15(3)4/h8-9H,5-7H2,1-4H3. The first-order chi connectivity index (χ1) is 9.12. The summed E-state index contributed by atoms with van der Waals surface area (Å²) in [5.41, 5.74) is 0. The maximum absolute atomic E-state index is 11.5. The lowest BCUT2D eigenvalue weighted by atomic mass is 10.2. The van der Waals surface area contributed by atoms with Crippen LogP contribution >= 0.6 is 10.7 Å². The highest BCUT2D eigenvalue weighted by Gasteiger charge is 2.19. The van der Waals surface area contributed by atoms with Gasteiger partial charge in [0.2, 0.25) is 5.91 Å². The Hall–Kier alpha value is -1.08. The smallest absolute Gasteiger partial charge is 0.280 e. The number of rotatable bonds is 6. The summed E-state index contributed by atoms with van der Waals surface area (Å²) < 4.78 is 24.4. The van der Waals surface area contributed by atoms with Crippen LogP contribution in [0, 0.1) is 0 Å². The molecule has 0 radical (unpaired) electrons. The molecule has 0 saturated heterocycles. The number of halogens is 1. The Balaban J connectivity index is 2.84. The van der Waals surface area contributed by atoms with Crippen LogP contribution in [0.25, 0.3) is 0 Å². The molecule has 0 aromatic carbocycles. The van der Waals surface area contributed by atoms with E-state index in [0.29, 0.717) is 25.2 Å². The monoisotopic (exact) mass is 321 g/mol. The van der Waals surface area contributed by atoms with Gasteiger partial charge in [-0.15, -0.1) is 0 Å². The summed E-state index contributed by atoms with van der Waals surface area (Å²) in [5, 5.41) is -0.137. The van der Waals surface area contributed by atoms with Gasteiger partial charge < -0.3 is 9.47 Å². The van der Waals surface area contributed by atoms with Crippen LogP contribution in [0.5, 0.6) is 0 Å².